The molecule has 2 aromatic heterocycles. The van der Waals surface area contributed by atoms with Gasteiger partial charge in [-0.2, -0.15) is 9.61 Å². The number of aromatic nitrogens is 3. The Morgan fingerprint density at radius 1 is 1.29 bits per heavy atom. The first-order valence-corrected chi connectivity index (χ1v) is 13.0. The summed E-state index contributed by atoms with van der Waals surface area (Å²) in [4.78, 5) is 27.9. The second-order valence-corrected chi connectivity index (χ2v) is 9.51. The molecule has 0 aliphatic heterocycles. The number of carbonyl (C=O) groups is 2. The predicted molar refractivity (Wildman–Crippen MR) is 143 cm³/mol. The molecule has 2 aromatic rings. The zero-order chi connectivity index (χ0) is 27.5. The second kappa shape index (κ2) is 14.3. The largest absolute Gasteiger partial charge is 0.369 e. The first-order valence-electron chi connectivity index (χ1n) is 13.0. The molecule has 1 aliphatic carbocycles. The Balaban J connectivity index is 1.39. The summed E-state index contributed by atoms with van der Waals surface area (Å²) in [6.07, 6.45) is 4.75. The lowest BCUT2D eigenvalue weighted by molar-refractivity contribution is -0.152. The molecule has 0 spiro atoms. The van der Waals surface area contributed by atoms with Crippen molar-refractivity contribution < 1.29 is 19.4 Å². The first kappa shape index (κ1) is 28.9. The highest BCUT2D eigenvalue weighted by molar-refractivity contribution is 5.94. The van der Waals surface area contributed by atoms with E-state index in [-0.39, 0.29) is 31.0 Å². The van der Waals surface area contributed by atoms with E-state index in [0.29, 0.717) is 0 Å². The number of hydrogen-bond acceptors (Lipinski definition) is 8. The van der Waals surface area contributed by atoms with Crippen LogP contribution in [0.15, 0.2) is 18.3 Å². The van der Waals surface area contributed by atoms with E-state index in [1.54, 1.807) is 20.0 Å². The molecule has 2 amide bonds. The van der Waals surface area contributed by atoms with E-state index in [2.05, 4.69) is 56.6 Å². The minimum Gasteiger partial charge on any atom is -0.369 e. The fourth-order valence-corrected chi connectivity index (χ4v) is 4.26. The van der Waals surface area contributed by atoms with Crippen LogP contribution in [0.25, 0.3) is 5.65 Å². The number of fused-ring (bicyclic) bond motifs is 1. The van der Waals surface area contributed by atoms with Crippen LogP contribution in [0.3, 0.4) is 0 Å². The molecule has 5 atom stereocenters. The van der Waals surface area contributed by atoms with Crippen molar-refractivity contribution >= 4 is 23.3 Å². The first-order chi connectivity index (χ1) is 18.2. The summed E-state index contributed by atoms with van der Waals surface area (Å²) in [5, 5.41) is 23.7. The van der Waals surface area contributed by atoms with Crippen molar-refractivity contribution in [3.63, 3.8) is 0 Å². The summed E-state index contributed by atoms with van der Waals surface area (Å²) in [7, 11) is 0. The third-order valence-corrected chi connectivity index (χ3v) is 6.25. The van der Waals surface area contributed by atoms with Crippen LogP contribution in [-0.4, -0.2) is 62.7 Å². The van der Waals surface area contributed by atoms with E-state index in [9.17, 15) is 14.7 Å². The predicted octanol–water partition coefficient (Wildman–Crippen LogP) is 0.920. The summed E-state index contributed by atoms with van der Waals surface area (Å²) in [6.45, 7) is 5.72. The van der Waals surface area contributed by atoms with E-state index < -0.39 is 24.3 Å². The number of anilines is 1. The minimum absolute atomic E-state index is 0.0377. The number of primary amides is 1. The summed E-state index contributed by atoms with van der Waals surface area (Å²) >= 11 is 0. The van der Waals surface area contributed by atoms with Gasteiger partial charge in [-0.1, -0.05) is 26.2 Å². The van der Waals surface area contributed by atoms with Gasteiger partial charge in [0.25, 0.3) is 5.91 Å². The lowest BCUT2D eigenvalue weighted by Crippen LogP contribution is -2.35. The van der Waals surface area contributed by atoms with E-state index in [4.69, 9.17) is 10.5 Å². The SMILES string of the molecule is CCCc1cc(N[C@@H]2CC[C@@H](NC(=O)C#CC#CCNC(C)O[C@H](O)C[C@H](C)C(N)=O)C2)n2nccc2n1. The molecule has 2 heterocycles. The fraction of sp³-hybridized carbons (Fsp3) is 0.556. The van der Waals surface area contributed by atoms with Gasteiger partial charge < -0.3 is 26.2 Å². The quantitative estimate of drug-likeness (QED) is 0.203. The van der Waals surface area contributed by atoms with Crippen molar-refractivity contribution in [2.45, 2.75) is 83.9 Å². The Bertz CT molecular complexity index is 1220. The van der Waals surface area contributed by atoms with Crippen molar-refractivity contribution in [3.8, 4) is 23.7 Å². The van der Waals surface area contributed by atoms with Gasteiger partial charge in [0.05, 0.1) is 12.7 Å². The molecule has 6 N–H and O–H groups in total. The molecule has 1 saturated carbocycles. The van der Waals surface area contributed by atoms with Crippen LogP contribution in [0, 0.1) is 29.6 Å². The molecule has 204 valence electrons. The average Bonchev–Trinajstić information content (AvgIpc) is 3.50. The average molecular weight is 524 g/mol. The monoisotopic (exact) mass is 523 g/mol. The Hall–Kier alpha value is -3.64. The number of ether oxygens (including phenoxy) is 1. The van der Waals surface area contributed by atoms with Crippen LogP contribution in [-0.2, 0) is 20.7 Å². The molecule has 11 heteroatoms. The summed E-state index contributed by atoms with van der Waals surface area (Å²) in [5.41, 5.74) is 7.04. The molecule has 0 radical (unpaired) electrons. The molecule has 1 unspecified atom stereocenters. The third-order valence-electron chi connectivity index (χ3n) is 6.25. The Labute approximate surface area is 223 Å². The molecule has 0 aromatic carbocycles. The molecular formula is C27H37N7O4. The lowest BCUT2D eigenvalue weighted by Gasteiger charge is -2.19. The van der Waals surface area contributed by atoms with Gasteiger partial charge in [-0.25, -0.2) is 4.98 Å². The van der Waals surface area contributed by atoms with Gasteiger partial charge in [-0.05, 0) is 44.4 Å². The highest BCUT2D eigenvalue weighted by atomic mass is 16.6. The van der Waals surface area contributed by atoms with Crippen molar-refractivity contribution in [1.82, 2.24) is 25.2 Å². The van der Waals surface area contributed by atoms with Gasteiger partial charge in [0, 0.05) is 48.2 Å². The number of aliphatic hydroxyl groups is 1. The van der Waals surface area contributed by atoms with Crippen molar-refractivity contribution in [2.75, 3.05) is 11.9 Å². The maximum Gasteiger partial charge on any atom is 0.297 e. The zero-order valence-electron chi connectivity index (χ0n) is 22.2. The van der Waals surface area contributed by atoms with Gasteiger partial charge in [-0.15, -0.1) is 0 Å². The molecule has 1 aliphatic rings. The molecule has 0 bridgehead atoms. The number of carbonyl (C=O) groups excluding carboxylic acids is 2. The summed E-state index contributed by atoms with van der Waals surface area (Å²) in [5.74, 6) is 10.1. The molecule has 0 saturated heterocycles. The van der Waals surface area contributed by atoms with Crippen molar-refractivity contribution in [3.05, 3.63) is 24.0 Å². The normalized spacial score (nSPS) is 18.9. The van der Waals surface area contributed by atoms with E-state index in [1.165, 1.54) is 0 Å². The lowest BCUT2D eigenvalue weighted by atomic mass is 10.1. The molecular weight excluding hydrogens is 486 g/mol. The topological polar surface area (TPSA) is 156 Å². The van der Waals surface area contributed by atoms with Gasteiger partial charge >= 0.3 is 0 Å². The number of rotatable bonds is 12. The minimum atomic E-state index is -1.11. The maximum absolute atomic E-state index is 12.2. The van der Waals surface area contributed by atoms with Gasteiger partial charge in [0.2, 0.25) is 5.91 Å². The Morgan fingerprint density at radius 2 is 2.08 bits per heavy atom. The number of hydrogen-bond donors (Lipinski definition) is 5. The van der Waals surface area contributed by atoms with E-state index in [1.807, 2.05) is 16.6 Å². The van der Waals surface area contributed by atoms with Crippen LogP contribution in [0.2, 0.25) is 0 Å². The number of nitrogens with zero attached hydrogens (tertiary/aromatic N) is 3. The zero-order valence-corrected chi connectivity index (χ0v) is 22.2. The number of nitrogens with two attached hydrogens (primary N) is 1. The van der Waals surface area contributed by atoms with Crippen molar-refractivity contribution in [1.29, 1.82) is 0 Å². The summed E-state index contributed by atoms with van der Waals surface area (Å²) in [6, 6.07) is 4.20. The Morgan fingerprint density at radius 3 is 2.84 bits per heavy atom. The smallest absolute Gasteiger partial charge is 0.297 e. The van der Waals surface area contributed by atoms with Crippen LogP contribution < -0.4 is 21.7 Å². The number of amides is 2. The number of nitrogens with one attached hydrogen (secondary N) is 3. The number of aliphatic hydroxyl groups excluding tert-OH is 1. The van der Waals surface area contributed by atoms with Crippen LogP contribution in [0.1, 0.15) is 58.6 Å². The summed E-state index contributed by atoms with van der Waals surface area (Å²) < 4.78 is 7.13. The van der Waals surface area contributed by atoms with E-state index >= 15 is 0 Å². The van der Waals surface area contributed by atoms with Crippen LogP contribution in [0.4, 0.5) is 5.82 Å². The molecule has 1 fully saturated rings. The van der Waals surface area contributed by atoms with Crippen molar-refractivity contribution in [2.24, 2.45) is 11.7 Å². The van der Waals surface area contributed by atoms with Gasteiger partial charge in [-0.3, -0.25) is 14.9 Å². The molecule has 38 heavy (non-hydrogen) atoms. The van der Waals surface area contributed by atoms with Crippen LogP contribution in [0.5, 0.6) is 0 Å². The molecule has 3 rings (SSSR count). The van der Waals surface area contributed by atoms with Crippen LogP contribution >= 0.6 is 0 Å². The van der Waals surface area contributed by atoms with Gasteiger partial charge in [0.1, 0.15) is 12.0 Å². The third kappa shape index (κ3) is 9.03. The highest BCUT2D eigenvalue weighted by Gasteiger charge is 2.26. The maximum atomic E-state index is 12.2. The standard InChI is InChI=1S/C27H37N7O4/c1-4-8-20-17-24(34-23(31-20)12-14-30-34)32-21-10-11-22(16-21)33-25(35)9-6-5-7-13-29-19(3)38-26(36)15-18(2)27(28)37/h12,14,17-19,21-22,26,29,32,36H,4,8,10-11,13,15-16H2,1-3H3,(H2,28,37)(H,33,35)/t18-,19?,21+,22+,26-/m0/s1. The van der Waals surface area contributed by atoms with Gasteiger partial charge in [0.15, 0.2) is 11.9 Å². The van der Waals surface area contributed by atoms with E-state index in [0.717, 1.165) is 49.3 Å². The molecule has 11 nitrogen and oxygen atoms in total. The second-order valence-electron chi connectivity index (χ2n) is 9.51. The fourth-order valence-electron chi connectivity index (χ4n) is 4.26. The highest BCUT2D eigenvalue weighted by Crippen LogP contribution is 2.24. The number of aryl methyl sites for hydroxylation is 1. The Kier molecular flexibility index (Phi) is 10.9.